The summed E-state index contributed by atoms with van der Waals surface area (Å²) in [6, 6.07) is 19.3. The van der Waals surface area contributed by atoms with Gasteiger partial charge in [-0.05, 0) is 30.5 Å². The number of nitrogens with one attached hydrogen (secondary N) is 1. The highest BCUT2D eigenvalue weighted by Crippen LogP contribution is 2.21. The fourth-order valence-electron chi connectivity index (χ4n) is 4.56. The smallest absolute Gasteiger partial charge is 0.251 e. The Kier molecular flexibility index (Phi) is 7.73. The molecule has 4 rings (SSSR count). The molecule has 2 aromatic rings. The highest BCUT2D eigenvalue weighted by molar-refractivity contribution is 5.96. The van der Waals surface area contributed by atoms with Gasteiger partial charge in [-0.15, -0.1) is 0 Å². The minimum atomic E-state index is -0.250. The molecular weight excluding hydrogens is 416 g/mol. The van der Waals surface area contributed by atoms with Crippen LogP contribution in [0, 0.1) is 5.92 Å². The maximum Gasteiger partial charge on any atom is 0.251 e. The summed E-state index contributed by atoms with van der Waals surface area (Å²) in [4.78, 5) is 43.8. The van der Waals surface area contributed by atoms with Crippen molar-refractivity contribution in [2.24, 2.45) is 5.92 Å². The predicted octanol–water partition coefficient (Wildman–Crippen LogP) is 2.00. The summed E-state index contributed by atoms with van der Waals surface area (Å²) < 4.78 is 0. The number of piperidine rings is 1. The number of rotatable bonds is 6. The number of carbonyl (C=O) groups excluding carboxylic acids is 3. The van der Waals surface area contributed by atoms with Crippen LogP contribution in [0.1, 0.15) is 28.8 Å². The molecule has 2 aliphatic rings. The molecule has 7 heteroatoms. The summed E-state index contributed by atoms with van der Waals surface area (Å²) in [6.07, 6.45) is 1.36. The monoisotopic (exact) mass is 448 g/mol. The second-order valence-corrected chi connectivity index (χ2v) is 8.79. The molecule has 0 saturated carbocycles. The van der Waals surface area contributed by atoms with Crippen LogP contribution in [-0.2, 0) is 16.1 Å². The standard InChI is InChI=1S/C26H32N4O3/c31-24(19-27-25(32)22-9-5-2-6-10-22)29-13-11-23(12-14-29)26(33)30-17-15-28(16-18-30)20-21-7-3-1-4-8-21/h1-10,23H,11-20H2,(H,27,32). The van der Waals surface area contributed by atoms with E-state index in [9.17, 15) is 14.4 Å². The van der Waals surface area contributed by atoms with Gasteiger partial charge in [-0.1, -0.05) is 48.5 Å². The van der Waals surface area contributed by atoms with Gasteiger partial charge in [0.05, 0.1) is 6.54 Å². The summed E-state index contributed by atoms with van der Waals surface area (Å²) in [5, 5.41) is 2.69. The van der Waals surface area contributed by atoms with Crippen molar-refractivity contribution >= 4 is 17.7 Å². The van der Waals surface area contributed by atoms with Crippen molar-refractivity contribution in [1.82, 2.24) is 20.0 Å². The maximum atomic E-state index is 13.0. The van der Waals surface area contributed by atoms with E-state index in [0.717, 1.165) is 32.7 Å². The van der Waals surface area contributed by atoms with Gasteiger partial charge in [0.2, 0.25) is 11.8 Å². The summed E-state index contributed by atoms with van der Waals surface area (Å²) in [5.41, 5.74) is 1.84. The number of amides is 3. The molecule has 0 atom stereocenters. The third-order valence-electron chi connectivity index (χ3n) is 6.57. The Morgan fingerprint density at radius 2 is 1.36 bits per heavy atom. The van der Waals surface area contributed by atoms with Crippen LogP contribution in [-0.4, -0.2) is 78.2 Å². The fraction of sp³-hybridized carbons (Fsp3) is 0.423. The zero-order valence-corrected chi connectivity index (χ0v) is 19.0. The average molecular weight is 449 g/mol. The van der Waals surface area contributed by atoms with E-state index in [2.05, 4.69) is 34.5 Å². The van der Waals surface area contributed by atoms with Gasteiger partial charge in [-0.3, -0.25) is 19.3 Å². The van der Waals surface area contributed by atoms with Crippen LogP contribution >= 0.6 is 0 Å². The molecule has 0 spiro atoms. The van der Waals surface area contributed by atoms with Gasteiger partial charge in [-0.2, -0.15) is 0 Å². The molecule has 7 nitrogen and oxygen atoms in total. The first-order chi connectivity index (χ1) is 16.1. The molecule has 2 heterocycles. The van der Waals surface area contributed by atoms with Crippen LogP contribution in [0.2, 0.25) is 0 Å². The molecule has 0 bridgehead atoms. The lowest BCUT2D eigenvalue weighted by Gasteiger charge is -2.38. The summed E-state index contributed by atoms with van der Waals surface area (Å²) in [6.45, 7) is 5.32. The first kappa shape index (κ1) is 23.0. The van der Waals surface area contributed by atoms with Crippen LogP contribution in [0.5, 0.6) is 0 Å². The van der Waals surface area contributed by atoms with E-state index in [1.54, 1.807) is 29.2 Å². The Bertz CT molecular complexity index is 935. The highest BCUT2D eigenvalue weighted by Gasteiger charge is 2.31. The third-order valence-corrected chi connectivity index (χ3v) is 6.57. The lowest BCUT2D eigenvalue weighted by molar-refractivity contribution is -0.141. The maximum absolute atomic E-state index is 13.0. The zero-order chi connectivity index (χ0) is 23.0. The van der Waals surface area contributed by atoms with Gasteiger partial charge < -0.3 is 15.1 Å². The SMILES string of the molecule is O=C(NCC(=O)N1CCC(C(=O)N2CCN(Cc3ccccc3)CC2)CC1)c1ccccc1. The second-order valence-electron chi connectivity index (χ2n) is 8.79. The van der Waals surface area contributed by atoms with Gasteiger partial charge in [0.1, 0.15) is 0 Å². The Hall–Kier alpha value is -3.19. The van der Waals surface area contributed by atoms with Crippen molar-refractivity contribution < 1.29 is 14.4 Å². The van der Waals surface area contributed by atoms with Crippen molar-refractivity contribution in [1.29, 1.82) is 0 Å². The van der Waals surface area contributed by atoms with Crippen LogP contribution < -0.4 is 5.32 Å². The van der Waals surface area contributed by atoms with Crippen LogP contribution in [0.25, 0.3) is 0 Å². The second kappa shape index (κ2) is 11.1. The van der Waals surface area contributed by atoms with Gasteiger partial charge in [0, 0.05) is 57.3 Å². The first-order valence-electron chi connectivity index (χ1n) is 11.8. The Morgan fingerprint density at radius 1 is 0.758 bits per heavy atom. The lowest BCUT2D eigenvalue weighted by atomic mass is 9.95. The molecule has 0 unspecified atom stereocenters. The van der Waals surface area contributed by atoms with Crippen molar-refractivity contribution in [2.45, 2.75) is 19.4 Å². The predicted molar refractivity (Wildman–Crippen MR) is 126 cm³/mol. The van der Waals surface area contributed by atoms with Crippen LogP contribution in [0.15, 0.2) is 60.7 Å². The highest BCUT2D eigenvalue weighted by atomic mass is 16.2. The molecule has 2 saturated heterocycles. The van der Waals surface area contributed by atoms with Gasteiger partial charge in [0.15, 0.2) is 0 Å². The fourth-order valence-corrected chi connectivity index (χ4v) is 4.56. The third kappa shape index (κ3) is 6.20. The van der Waals surface area contributed by atoms with E-state index in [1.807, 2.05) is 17.0 Å². The molecule has 0 aliphatic carbocycles. The van der Waals surface area contributed by atoms with Crippen molar-refractivity contribution in [2.75, 3.05) is 45.8 Å². The van der Waals surface area contributed by atoms with E-state index in [-0.39, 0.29) is 30.2 Å². The van der Waals surface area contributed by atoms with E-state index in [0.29, 0.717) is 31.5 Å². The minimum absolute atomic E-state index is 0.0181. The number of hydrogen-bond acceptors (Lipinski definition) is 4. The number of nitrogens with zero attached hydrogens (tertiary/aromatic N) is 3. The first-order valence-corrected chi connectivity index (χ1v) is 11.8. The summed E-state index contributed by atoms with van der Waals surface area (Å²) in [5.74, 6) is -0.146. The number of carbonyl (C=O) groups is 3. The van der Waals surface area contributed by atoms with E-state index in [1.165, 1.54) is 5.56 Å². The molecule has 1 N–H and O–H groups in total. The van der Waals surface area contributed by atoms with Crippen molar-refractivity contribution in [3.63, 3.8) is 0 Å². The van der Waals surface area contributed by atoms with Gasteiger partial charge in [0.25, 0.3) is 5.91 Å². The molecule has 174 valence electrons. The molecule has 33 heavy (non-hydrogen) atoms. The molecule has 2 aromatic carbocycles. The van der Waals surface area contributed by atoms with Crippen LogP contribution in [0.3, 0.4) is 0 Å². The molecule has 2 aliphatic heterocycles. The quantitative estimate of drug-likeness (QED) is 0.734. The number of benzene rings is 2. The molecule has 0 radical (unpaired) electrons. The molecule has 0 aromatic heterocycles. The lowest BCUT2D eigenvalue weighted by Crippen LogP contribution is -2.52. The van der Waals surface area contributed by atoms with Crippen molar-refractivity contribution in [3.8, 4) is 0 Å². The number of likely N-dealkylation sites (tertiary alicyclic amines) is 1. The van der Waals surface area contributed by atoms with Gasteiger partial charge in [-0.25, -0.2) is 0 Å². The minimum Gasteiger partial charge on any atom is -0.343 e. The molecule has 2 fully saturated rings. The zero-order valence-electron chi connectivity index (χ0n) is 19.0. The Labute approximate surface area is 195 Å². The van der Waals surface area contributed by atoms with E-state index in [4.69, 9.17) is 0 Å². The number of piperazine rings is 1. The summed E-state index contributed by atoms with van der Waals surface area (Å²) >= 11 is 0. The van der Waals surface area contributed by atoms with E-state index < -0.39 is 0 Å². The Morgan fingerprint density at radius 3 is 2.00 bits per heavy atom. The molecular formula is C26H32N4O3. The van der Waals surface area contributed by atoms with E-state index >= 15 is 0 Å². The number of hydrogen-bond donors (Lipinski definition) is 1. The average Bonchev–Trinajstić information content (AvgIpc) is 2.88. The molecule has 3 amide bonds. The normalized spacial score (nSPS) is 17.6. The van der Waals surface area contributed by atoms with Gasteiger partial charge >= 0.3 is 0 Å². The largest absolute Gasteiger partial charge is 0.343 e. The van der Waals surface area contributed by atoms with Crippen molar-refractivity contribution in [3.05, 3.63) is 71.8 Å². The topological polar surface area (TPSA) is 73.0 Å². The van der Waals surface area contributed by atoms with Crippen LogP contribution in [0.4, 0.5) is 0 Å². The summed E-state index contributed by atoms with van der Waals surface area (Å²) in [7, 11) is 0. The Balaban J connectivity index is 1.17.